The number of benzene rings is 2. The standard InChI is InChI=1S/C33H39N5O4.ClH/c1-20(34-3)31(39)36-30-21(2)38(32(40)23-14-16-42-17-15-23)29-11-7-6-10-28(29)37(33(30)41)19-26-24-8-4-5-9-27(24)35-18-25(26)22-12-13-22;/h4-11,18,20-23,30,34H,12-17,19H2,1-3H3,(H,36,39);1H/t20?,21-,30-;/m0./s1. The van der Waals surface area contributed by atoms with Gasteiger partial charge in [-0.25, -0.2) is 0 Å². The molecule has 3 aromatic rings. The number of hydrogen-bond donors (Lipinski definition) is 2. The Labute approximate surface area is 258 Å². The normalized spacial score (nSPS) is 21.5. The number of carbonyl (C=O) groups is 3. The van der Waals surface area contributed by atoms with Crippen molar-refractivity contribution in [2.75, 3.05) is 30.1 Å². The zero-order valence-corrected chi connectivity index (χ0v) is 25.7. The SMILES string of the molecule is CNC(C)C(=O)N[C@@H]1C(=O)N(Cc2c(C3CC3)cnc3ccccc23)c2ccccc2N(C(=O)C2CCOCC2)[C@H]1C.Cl. The van der Waals surface area contributed by atoms with Crippen LogP contribution in [0.1, 0.15) is 56.6 Å². The first kappa shape index (κ1) is 30.9. The Morgan fingerprint density at radius 3 is 2.40 bits per heavy atom. The number of aromatic nitrogens is 1. The number of halogens is 1. The number of ether oxygens (including phenoxy) is 1. The molecule has 0 bridgehead atoms. The van der Waals surface area contributed by atoms with Crippen molar-refractivity contribution in [3.8, 4) is 0 Å². The minimum Gasteiger partial charge on any atom is -0.381 e. The number of nitrogens with zero attached hydrogens (tertiary/aromatic N) is 3. The van der Waals surface area contributed by atoms with E-state index >= 15 is 0 Å². The number of anilines is 2. The largest absolute Gasteiger partial charge is 0.381 e. The van der Waals surface area contributed by atoms with Crippen molar-refractivity contribution in [1.29, 1.82) is 0 Å². The summed E-state index contributed by atoms with van der Waals surface area (Å²) in [6, 6.07) is 13.6. The number of nitrogens with one attached hydrogen (secondary N) is 2. The molecular weight excluding hydrogens is 566 g/mol. The van der Waals surface area contributed by atoms with Gasteiger partial charge in [0.25, 0.3) is 5.91 Å². The average Bonchev–Trinajstić information content (AvgIpc) is 3.88. The van der Waals surface area contributed by atoms with Gasteiger partial charge in [0.2, 0.25) is 11.8 Å². The van der Waals surface area contributed by atoms with Crippen molar-refractivity contribution in [1.82, 2.24) is 15.6 Å². The highest BCUT2D eigenvalue weighted by Crippen LogP contribution is 2.44. The topological polar surface area (TPSA) is 104 Å². The summed E-state index contributed by atoms with van der Waals surface area (Å²) in [7, 11) is 1.71. The highest BCUT2D eigenvalue weighted by molar-refractivity contribution is 6.09. The number of amides is 3. The number of rotatable bonds is 7. The van der Waals surface area contributed by atoms with Crippen LogP contribution in [-0.4, -0.2) is 61.1 Å². The van der Waals surface area contributed by atoms with Gasteiger partial charge in [0.05, 0.1) is 35.5 Å². The van der Waals surface area contributed by atoms with Crippen LogP contribution in [-0.2, 0) is 25.7 Å². The third-order valence-electron chi connectivity index (χ3n) is 9.04. The Morgan fingerprint density at radius 1 is 1.02 bits per heavy atom. The Hall–Kier alpha value is -3.53. The lowest BCUT2D eigenvalue weighted by Gasteiger charge is -2.35. The molecule has 10 heteroatoms. The first-order valence-corrected chi connectivity index (χ1v) is 15.0. The second-order valence-electron chi connectivity index (χ2n) is 11.7. The Kier molecular flexibility index (Phi) is 9.34. The predicted molar refractivity (Wildman–Crippen MR) is 170 cm³/mol. The Balaban J connectivity index is 0.00000368. The van der Waals surface area contributed by atoms with E-state index < -0.39 is 18.1 Å². The molecule has 3 amide bonds. The van der Waals surface area contributed by atoms with Gasteiger partial charge in [-0.1, -0.05) is 30.3 Å². The molecule has 1 unspecified atom stereocenters. The molecule has 6 rings (SSSR count). The van der Waals surface area contributed by atoms with Crippen LogP contribution in [0.5, 0.6) is 0 Å². The molecule has 3 atom stereocenters. The van der Waals surface area contributed by atoms with Gasteiger partial charge < -0.3 is 25.2 Å². The molecule has 1 saturated carbocycles. The average molecular weight is 606 g/mol. The molecule has 0 spiro atoms. The quantitative estimate of drug-likeness (QED) is 0.416. The summed E-state index contributed by atoms with van der Waals surface area (Å²) in [5.74, 6) is -0.362. The minimum atomic E-state index is -0.943. The van der Waals surface area contributed by atoms with Gasteiger partial charge in [0.1, 0.15) is 6.04 Å². The molecule has 9 nitrogen and oxygen atoms in total. The summed E-state index contributed by atoms with van der Waals surface area (Å²) < 4.78 is 5.54. The number of para-hydroxylation sites is 3. The second kappa shape index (κ2) is 13.0. The van der Waals surface area contributed by atoms with E-state index in [1.807, 2.05) is 55.6 Å². The smallest absolute Gasteiger partial charge is 0.252 e. The highest BCUT2D eigenvalue weighted by atomic mass is 35.5. The maximum Gasteiger partial charge on any atom is 0.252 e. The number of fused-ring (bicyclic) bond motifs is 2. The van der Waals surface area contributed by atoms with Gasteiger partial charge in [-0.2, -0.15) is 0 Å². The molecule has 2 fully saturated rings. The van der Waals surface area contributed by atoms with Crippen LogP contribution in [0.2, 0.25) is 0 Å². The van der Waals surface area contributed by atoms with Crippen LogP contribution in [0, 0.1) is 5.92 Å². The summed E-state index contributed by atoms with van der Waals surface area (Å²) in [5, 5.41) is 6.99. The van der Waals surface area contributed by atoms with E-state index in [0.717, 1.165) is 34.9 Å². The lowest BCUT2D eigenvalue weighted by Crippen LogP contribution is -2.60. The van der Waals surface area contributed by atoms with E-state index in [2.05, 4.69) is 16.7 Å². The van der Waals surface area contributed by atoms with Crippen LogP contribution in [0.4, 0.5) is 11.4 Å². The minimum absolute atomic E-state index is 0. The van der Waals surface area contributed by atoms with Gasteiger partial charge in [0, 0.05) is 30.7 Å². The molecule has 43 heavy (non-hydrogen) atoms. The molecule has 1 saturated heterocycles. The third-order valence-corrected chi connectivity index (χ3v) is 9.04. The van der Waals surface area contributed by atoms with E-state index in [1.165, 1.54) is 0 Å². The zero-order valence-electron chi connectivity index (χ0n) is 24.9. The molecule has 1 aromatic heterocycles. The molecule has 2 aromatic carbocycles. The fourth-order valence-electron chi connectivity index (χ4n) is 6.27. The lowest BCUT2D eigenvalue weighted by atomic mass is 9.96. The van der Waals surface area contributed by atoms with E-state index in [4.69, 9.17) is 9.72 Å². The van der Waals surface area contributed by atoms with Crippen LogP contribution < -0.4 is 20.4 Å². The van der Waals surface area contributed by atoms with Crippen molar-refractivity contribution in [3.63, 3.8) is 0 Å². The zero-order chi connectivity index (χ0) is 29.4. The van der Waals surface area contributed by atoms with Gasteiger partial charge in [-0.3, -0.25) is 19.4 Å². The van der Waals surface area contributed by atoms with Gasteiger partial charge >= 0.3 is 0 Å². The van der Waals surface area contributed by atoms with Gasteiger partial charge in [-0.15, -0.1) is 12.4 Å². The third kappa shape index (κ3) is 5.98. The molecule has 2 N–H and O–H groups in total. The molecule has 2 aliphatic heterocycles. The van der Waals surface area contributed by atoms with E-state index in [9.17, 15) is 14.4 Å². The van der Waals surface area contributed by atoms with E-state index in [0.29, 0.717) is 49.9 Å². The van der Waals surface area contributed by atoms with Crippen molar-refractivity contribution in [2.45, 2.75) is 70.1 Å². The van der Waals surface area contributed by atoms with Crippen LogP contribution in [0.25, 0.3) is 10.9 Å². The van der Waals surface area contributed by atoms with Gasteiger partial charge in [-0.05, 0) is 81.8 Å². The highest BCUT2D eigenvalue weighted by Gasteiger charge is 2.44. The predicted octanol–water partition coefficient (Wildman–Crippen LogP) is 4.32. The summed E-state index contributed by atoms with van der Waals surface area (Å²) in [6.07, 6.45) is 5.42. The second-order valence-corrected chi connectivity index (χ2v) is 11.7. The van der Waals surface area contributed by atoms with Gasteiger partial charge in [0.15, 0.2) is 0 Å². The van der Waals surface area contributed by atoms with Crippen LogP contribution in [0.3, 0.4) is 0 Å². The van der Waals surface area contributed by atoms with Crippen molar-refractivity contribution in [2.24, 2.45) is 5.92 Å². The van der Waals surface area contributed by atoms with Crippen molar-refractivity contribution in [3.05, 3.63) is 65.9 Å². The number of carbonyl (C=O) groups excluding carboxylic acids is 3. The monoisotopic (exact) mass is 605 g/mol. The molecular formula is C33H40ClN5O4. The summed E-state index contributed by atoms with van der Waals surface area (Å²) in [6.45, 7) is 4.99. The number of hydrogen-bond acceptors (Lipinski definition) is 6. The molecule has 228 valence electrons. The van der Waals surface area contributed by atoms with Crippen LogP contribution in [0.15, 0.2) is 54.7 Å². The van der Waals surface area contributed by atoms with Crippen molar-refractivity contribution >= 4 is 52.4 Å². The fourth-order valence-corrected chi connectivity index (χ4v) is 6.27. The molecule has 3 heterocycles. The maximum absolute atomic E-state index is 14.7. The Morgan fingerprint density at radius 2 is 1.70 bits per heavy atom. The number of pyridine rings is 1. The van der Waals surface area contributed by atoms with E-state index in [1.54, 1.807) is 23.8 Å². The Bertz CT molecular complexity index is 1510. The summed E-state index contributed by atoms with van der Waals surface area (Å²) in [4.78, 5) is 50.3. The molecule has 3 aliphatic rings. The molecule has 0 radical (unpaired) electrons. The number of likely N-dealkylation sites (N-methyl/N-ethyl adjacent to an activating group) is 1. The molecule has 1 aliphatic carbocycles. The summed E-state index contributed by atoms with van der Waals surface area (Å²) in [5.41, 5.74) is 4.45. The maximum atomic E-state index is 14.7. The lowest BCUT2D eigenvalue weighted by molar-refractivity contribution is -0.130. The van der Waals surface area contributed by atoms with Crippen molar-refractivity contribution < 1.29 is 19.1 Å². The first-order valence-electron chi connectivity index (χ1n) is 15.0. The first-order chi connectivity index (χ1) is 20.4. The van der Waals surface area contributed by atoms with Crippen LogP contribution >= 0.6 is 12.4 Å². The van der Waals surface area contributed by atoms with E-state index in [-0.39, 0.29) is 36.0 Å². The fraction of sp³-hybridized carbons (Fsp3) is 0.455. The summed E-state index contributed by atoms with van der Waals surface area (Å²) >= 11 is 0.